The highest BCUT2D eigenvalue weighted by molar-refractivity contribution is 7.90. The number of nitrogens with one attached hydrogen (secondary N) is 1. The second-order valence-corrected chi connectivity index (χ2v) is 7.71. The molecule has 0 fully saturated rings. The molecule has 0 aromatic heterocycles. The summed E-state index contributed by atoms with van der Waals surface area (Å²) in [5.41, 5.74) is 1.24. The van der Waals surface area contributed by atoms with Crippen molar-refractivity contribution in [1.82, 2.24) is 5.32 Å². The van der Waals surface area contributed by atoms with Crippen LogP contribution in [-0.2, 0) is 21.1 Å². The van der Waals surface area contributed by atoms with E-state index in [1.807, 2.05) is 0 Å². The topological polar surface area (TPSA) is 89.5 Å². The van der Waals surface area contributed by atoms with Crippen molar-refractivity contribution < 1.29 is 22.7 Å². The fraction of sp³-hybridized carbons (Fsp3) is 0.176. The average Bonchev–Trinajstić information content (AvgIpc) is 2.58. The van der Waals surface area contributed by atoms with Gasteiger partial charge in [0.15, 0.2) is 9.84 Å². The number of esters is 1. The van der Waals surface area contributed by atoms with Gasteiger partial charge in [0, 0.05) is 12.8 Å². The second-order valence-electron chi connectivity index (χ2n) is 5.29. The van der Waals surface area contributed by atoms with Gasteiger partial charge in [-0.25, -0.2) is 13.2 Å². The molecule has 25 heavy (non-hydrogen) atoms. The van der Waals surface area contributed by atoms with Crippen LogP contribution in [0.2, 0.25) is 5.02 Å². The Labute approximate surface area is 150 Å². The van der Waals surface area contributed by atoms with E-state index in [1.54, 1.807) is 24.3 Å². The van der Waals surface area contributed by atoms with Crippen LogP contribution in [0.4, 0.5) is 0 Å². The first-order valence-electron chi connectivity index (χ1n) is 7.17. The highest BCUT2D eigenvalue weighted by Crippen LogP contribution is 2.20. The van der Waals surface area contributed by atoms with E-state index < -0.39 is 21.7 Å². The van der Waals surface area contributed by atoms with Crippen molar-refractivity contribution in [2.45, 2.75) is 11.4 Å². The number of amides is 1. The van der Waals surface area contributed by atoms with Crippen molar-refractivity contribution in [2.75, 3.05) is 13.4 Å². The van der Waals surface area contributed by atoms with Gasteiger partial charge in [-0.1, -0.05) is 23.7 Å². The van der Waals surface area contributed by atoms with Crippen molar-refractivity contribution in [2.24, 2.45) is 0 Å². The SMILES string of the molecule is COC(=O)c1ccc(CNC(=O)c2cc(S(C)(=O)=O)ccc2Cl)cc1. The number of halogens is 1. The predicted molar refractivity (Wildman–Crippen MR) is 93.5 cm³/mol. The Balaban J connectivity index is 2.11. The molecular weight excluding hydrogens is 366 g/mol. The van der Waals surface area contributed by atoms with Crippen LogP contribution in [0.5, 0.6) is 0 Å². The number of hydrogen-bond donors (Lipinski definition) is 1. The molecule has 2 aromatic rings. The smallest absolute Gasteiger partial charge is 0.337 e. The van der Waals surface area contributed by atoms with E-state index in [4.69, 9.17) is 11.6 Å². The van der Waals surface area contributed by atoms with E-state index in [1.165, 1.54) is 25.3 Å². The maximum absolute atomic E-state index is 12.3. The highest BCUT2D eigenvalue weighted by atomic mass is 35.5. The summed E-state index contributed by atoms with van der Waals surface area (Å²) in [6, 6.07) is 10.5. The van der Waals surface area contributed by atoms with Crippen LogP contribution in [0.25, 0.3) is 0 Å². The molecule has 0 radical (unpaired) electrons. The summed E-state index contributed by atoms with van der Waals surface area (Å²) in [5.74, 6) is -0.937. The molecule has 0 unspecified atom stereocenters. The summed E-state index contributed by atoms with van der Waals surface area (Å²) >= 11 is 5.99. The van der Waals surface area contributed by atoms with Crippen molar-refractivity contribution in [3.63, 3.8) is 0 Å². The Morgan fingerprint density at radius 3 is 2.32 bits per heavy atom. The lowest BCUT2D eigenvalue weighted by molar-refractivity contribution is 0.0600. The zero-order valence-corrected chi connectivity index (χ0v) is 15.1. The van der Waals surface area contributed by atoms with Gasteiger partial charge in [0.2, 0.25) is 0 Å². The number of rotatable bonds is 5. The van der Waals surface area contributed by atoms with Crippen molar-refractivity contribution in [3.8, 4) is 0 Å². The molecule has 0 atom stereocenters. The predicted octanol–water partition coefficient (Wildman–Crippen LogP) is 2.46. The van der Waals surface area contributed by atoms with Crippen molar-refractivity contribution in [1.29, 1.82) is 0 Å². The Morgan fingerprint density at radius 1 is 1.12 bits per heavy atom. The molecule has 2 rings (SSSR count). The Kier molecular flexibility index (Phi) is 5.81. The van der Waals surface area contributed by atoms with Gasteiger partial charge in [-0.15, -0.1) is 0 Å². The largest absolute Gasteiger partial charge is 0.465 e. The molecule has 1 amide bonds. The van der Waals surface area contributed by atoms with Crippen LogP contribution in [0.15, 0.2) is 47.4 Å². The van der Waals surface area contributed by atoms with E-state index in [0.717, 1.165) is 11.8 Å². The molecular formula is C17H16ClNO5S. The minimum absolute atomic E-state index is 0.0180. The van der Waals surface area contributed by atoms with Gasteiger partial charge in [-0.2, -0.15) is 0 Å². The van der Waals surface area contributed by atoms with Crippen LogP contribution in [0.3, 0.4) is 0 Å². The minimum Gasteiger partial charge on any atom is -0.465 e. The number of ether oxygens (including phenoxy) is 1. The quantitative estimate of drug-likeness (QED) is 0.803. The number of carbonyl (C=O) groups is 2. The molecule has 132 valence electrons. The zero-order chi connectivity index (χ0) is 18.6. The lowest BCUT2D eigenvalue weighted by Crippen LogP contribution is -2.23. The first-order valence-corrected chi connectivity index (χ1v) is 9.44. The van der Waals surface area contributed by atoms with Gasteiger partial charge in [-0.05, 0) is 35.9 Å². The summed E-state index contributed by atoms with van der Waals surface area (Å²) in [7, 11) is -2.14. The van der Waals surface area contributed by atoms with E-state index in [-0.39, 0.29) is 22.0 Å². The second kappa shape index (κ2) is 7.67. The third-order valence-electron chi connectivity index (χ3n) is 3.44. The number of hydrogen-bond acceptors (Lipinski definition) is 5. The van der Waals surface area contributed by atoms with Gasteiger partial charge >= 0.3 is 5.97 Å². The number of methoxy groups -OCH3 is 1. The Hall–Kier alpha value is -2.38. The third-order valence-corrected chi connectivity index (χ3v) is 4.88. The first kappa shape index (κ1) is 19.0. The standard InChI is InChI=1S/C17H16ClNO5S/c1-24-17(21)12-5-3-11(4-6-12)10-19-16(20)14-9-13(25(2,22)23)7-8-15(14)18/h3-9H,10H2,1-2H3,(H,19,20). The van der Waals surface area contributed by atoms with Crippen LogP contribution in [-0.4, -0.2) is 33.7 Å². The van der Waals surface area contributed by atoms with Crippen LogP contribution in [0, 0.1) is 0 Å². The molecule has 0 heterocycles. The monoisotopic (exact) mass is 381 g/mol. The van der Waals surface area contributed by atoms with Crippen LogP contribution >= 0.6 is 11.6 Å². The van der Waals surface area contributed by atoms with Crippen molar-refractivity contribution in [3.05, 3.63) is 64.2 Å². The molecule has 0 spiro atoms. The van der Waals surface area contributed by atoms with Gasteiger partial charge in [-0.3, -0.25) is 4.79 Å². The Bertz CT molecular complexity index is 907. The lowest BCUT2D eigenvalue weighted by Gasteiger charge is -2.09. The summed E-state index contributed by atoms with van der Waals surface area (Å²) in [6.07, 6.45) is 1.06. The highest BCUT2D eigenvalue weighted by Gasteiger charge is 2.15. The molecule has 0 aliphatic carbocycles. The van der Waals surface area contributed by atoms with Gasteiger partial charge in [0.05, 0.1) is 28.2 Å². The van der Waals surface area contributed by atoms with E-state index in [9.17, 15) is 18.0 Å². The zero-order valence-electron chi connectivity index (χ0n) is 13.6. The van der Waals surface area contributed by atoms with Crippen LogP contribution in [0.1, 0.15) is 26.3 Å². The fourth-order valence-corrected chi connectivity index (χ4v) is 2.91. The molecule has 0 saturated heterocycles. The van der Waals surface area contributed by atoms with Gasteiger partial charge in [0.25, 0.3) is 5.91 Å². The number of sulfone groups is 1. The first-order chi connectivity index (χ1) is 11.7. The Morgan fingerprint density at radius 2 is 1.76 bits per heavy atom. The van der Waals surface area contributed by atoms with Gasteiger partial charge in [0.1, 0.15) is 0 Å². The summed E-state index contributed by atoms with van der Waals surface area (Å²) < 4.78 is 27.8. The summed E-state index contributed by atoms with van der Waals surface area (Å²) in [5, 5.41) is 2.82. The van der Waals surface area contributed by atoms with E-state index in [2.05, 4.69) is 10.1 Å². The molecule has 2 aromatic carbocycles. The molecule has 0 aliphatic heterocycles. The molecule has 0 aliphatic rings. The molecule has 6 nitrogen and oxygen atoms in total. The molecule has 0 saturated carbocycles. The maximum Gasteiger partial charge on any atom is 0.337 e. The van der Waals surface area contributed by atoms with Crippen molar-refractivity contribution >= 4 is 33.3 Å². The average molecular weight is 382 g/mol. The minimum atomic E-state index is -3.44. The molecule has 1 N–H and O–H groups in total. The van der Waals surface area contributed by atoms with E-state index in [0.29, 0.717) is 5.56 Å². The number of benzene rings is 2. The van der Waals surface area contributed by atoms with E-state index >= 15 is 0 Å². The third kappa shape index (κ3) is 4.80. The number of carbonyl (C=O) groups excluding carboxylic acids is 2. The maximum atomic E-state index is 12.3. The molecule has 8 heteroatoms. The van der Waals surface area contributed by atoms with Crippen LogP contribution < -0.4 is 5.32 Å². The molecule has 0 bridgehead atoms. The summed E-state index contributed by atoms with van der Waals surface area (Å²) in [6.45, 7) is 0.194. The normalized spacial score (nSPS) is 11.0. The fourth-order valence-electron chi connectivity index (χ4n) is 2.06. The summed E-state index contributed by atoms with van der Waals surface area (Å²) in [4.78, 5) is 23.7. The van der Waals surface area contributed by atoms with Gasteiger partial charge < -0.3 is 10.1 Å². The lowest BCUT2D eigenvalue weighted by atomic mass is 10.1.